The lowest BCUT2D eigenvalue weighted by molar-refractivity contribution is -0.105. The Labute approximate surface area is 194 Å². The third kappa shape index (κ3) is 4.17. The monoisotopic (exact) mass is 471 g/mol. The summed E-state index contributed by atoms with van der Waals surface area (Å²) in [5.74, 6) is -0.723. The molecule has 0 amide bonds. The van der Waals surface area contributed by atoms with Crippen LogP contribution in [-0.4, -0.2) is 29.9 Å². The molecule has 8 heteroatoms. The van der Waals surface area contributed by atoms with Gasteiger partial charge in [-0.25, -0.2) is 9.18 Å². The molecule has 3 aromatic heterocycles. The first kappa shape index (κ1) is 22.1. The van der Waals surface area contributed by atoms with Gasteiger partial charge in [-0.2, -0.15) is 0 Å². The molecular formula is C25H26FNO5S. The molecule has 1 saturated carbocycles. The van der Waals surface area contributed by atoms with Gasteiger partial charge in [-0.05, 0) is 80.3 Å². The molecule has 1 aliphatic carbocycles. The van der Waals surface area contributed by atoms with Crippen molar-refractivity contribution in [2.45, 2.75) is 58.2 Å². The van der Waals surface area contributed by atoms with Gasteiger partial charge >= 0.3 is 5.97 Å². The molecule has 33 heavy (non-hydrogen) atoms. The minimum atomic E-state index is -0.604. The number of halogens is 1. The summed E-state index contributed by atoms with van der Waals surface area (Å²) in [6, 6.07) is 4.96. The number of nitrogens with zero attached hydrogens (tertiary/aromatic N) is 1. The van der Waals surface area contributed by atoms with E-state index in [1.54, 1.807) is 25.3 Å². The highest BCUT2D eigenvalue weighted by Crippen LogP contribution is 2.45. The van der Waals surface area contributed by atoms with Gasteiger partial charge < -0.3 is 14.2 Å². The number of aryl methyl sites for hydroxylation is 1. The Balaban J connectivity index is 1.58. The van der Waals surface area contributed by atoms with Crippen molar-refractivity contribution >= 4 is 22.8 Å². The van der Waals surface area contributed by atoms with E-state index in [0.29, 0.717) is 12.5 Å². The predicted molar refractivity (Wildman–Crippen MR) is 124 cm³/mol. The summed E-state index contributed by atoms with van der Waals surface area (Å²) < 4.78 is 32.7. The minimum Gasteiger partial charge on any atom is -0.462 e. The van der Waals surface area contributed by atoms with Crippen molar-refractivity contribution in [3.63, 3.8) is 0 Å². The second-order valence-corrected chi connectivity index (χ2v) is 9.56. The Hall–Kier alpha value is -2.71. The summed E-state index contributed by atoms with van der Waals surface area (Å²) in [4.78, 5) is 26.2. The molecule has 3 aromatic rings. The quantitative estimate of drug-likeness (QED) is 0.448. The highest BCUT2D eigenvalue weighted by atomic mass is 32.1. The molecule has 0 spiro atoms. The topological polar surface area (TPSA) is 66.2 Å². The average molecular weight is 472 g/mol. The van der Waals surface area contributed by atoms with E-state index in [9.17, 15) is 14.0 Å². The fourth-order valence-electron chi connectivity index (χ4n) is 4.41. The number of hydrogen-bond donors (Lipinski definition) is 0. The van der Waals surface area contributed by atoms with Crippen LogP contribution in [0.3, 0.4) is 0 Å². The van der Waals surface area contributed by atoms with Gasteiger partial charge in [0.2, 0.25) is 11.4 Å². The number of hydrogen-bond acceptors (Lipinski definition) is 6. The summed E-state index contributed by atoms with van der Waals surface area (Å²) in [7, 11) is 0. The van der Waals surface area contributed by atoms with E-state index in [1.807, 2.05) is 6.92 Å². The number of carbonyl (C=O) groups excluding carboxylic acids is 1. The molecule has 2 aliphatic rings. The number of carbonyl (C=O) groups is 1. The van der Waals surface area contributed by atoms with Crippen LogP contribution < -0.4 is 10.3 Å². The maximum atomic E-state index is 14.7. The second-order valence-electron chi connectivity index (χ2n) is 8.55. The molecule has 174 valence electrons. The van der Waals surface area contributed by atoms with Crippen molar-refractivity contribution < 1.29 is 23.4 Å². The van der Waals surface area contributed by atoms with Crippen LogP contribution in [0.1, 0.15) is 66.4 Å². The van der Waals surface area contributed by atoms with Crippen molar-refractivity contribution in [1.82, 2.24) is 4.40 Å². The standard InChI is InChI=1S/C25H26FNO5S/c1-3-30-24(29)18-12-17(15-7-8-15)22-14(2)16(9-10-27(22)23(18)28)20-13-19(26)25(33-20)32-21-6-4-5-11-31-21/h9-10,12-13,15,21H,3-8,11H2,1-2H3. The van der Waals surface area contributed by atoms with Gasteiger partial charge in [-0.3, -0.25) is 9.20 Å². The van der Waals surface area contributed by atoms with Gasteiger partial charge in [0.15, 0.2) is 5.82 Å². The summed E-state index contributed by atoms with van der Waals surface area (Å²) in [5.41, 5.74) is 3.09. The number of fused-ring (bicyclic) bond motifs is 1. The maximum absolute atomic E-state index is 14.7. The molecular weight excluding hydrogens is 445 g/mol. The largest absolute Gasteiger partial charge is 0.462 e. The smallest absolute Gasteiger partial charge is 0.343 e. The predicted octanol–water partition coefficient (Wildman–Crippen LogP) is 5.44. The van der Waals surface area contributed by atoms with Crippen molar-refractivity contribution in [1.29, 1.82) is 0 Å². The zero-order chi connectivity index (χ0) is 23.1. The molecule has 1 aliphatic heterocycles. The normalized spacial score (nSPS) is 18.5. The Morgan fingerprint density at radius 3 is 2.79 bits per heavy atom. The first-order valence-electron chi connectivity index (χ1n) is 11.4. The number of aromatic nitrogens is 1. The van der Waals surface area contributed by atoms with Crippen LogP contribution in [0.15, 0.2) is 29.2 Å². The van der Waals surface area contributed by atoms with Crippen LogP contribution >= 0.6 is 11.3 Å². The van der Waals surface area contributed by atoms with Crippen LogP contribution in [0.2, 0.25) is 0 Å². The zero-order valence-corrected chi connectivity index (χ0v) is 19.5. The fourth-order valence-corrected chi connectivity index (χ4v) is 5.42. The third-order valence-electron chi connectivity index (χ3n) is 6.22. The first-order valence-corrected chi connectivity index (χ1v) is 12.2. The minimum absolute atomic E-state index is 0.0498. The number of ether oxygens (including phenoxy) is 3. The van der Waals surface area contributed by atoms with E-state index < -0.39 is 23.6 Å². The molecule has 6 nitrogen and oxygen atoms in total. The van der Waals surface area contributed by atoms with E-state index in [0.717, 1.165) is 59.2 Å². The van der Waals surface area contributed by atoms with Crippen molar-refractivity contribution in [3.05, 3.63) is 57.3 Å². The molecule has 2 fully saturated rings. The van der Waals surface area contributed by atoms with E-state index in [1.165, 1.54) is 21.8 Å². The molecule has 5 rings (SSSR count). The molecule has 1 saturated heterocycles. The molecule has 0 N–H and O–H groups in total. The van der Waals surface area contributed by atoms with Crippen LogP contribution in [0.5, 0.6) is 5.06 Å². The van der Waals surface area contributed by atoms with Gasteiger partial charge in [0.1, 0.15) is 5.56 Å². The highest BCUT2D eigenvalue weighted by molar-refractivity contribution is 7.17. The molecule has 0 radical (unpaired) electrons. The summed E-state index contributed by atoms with van der Waals surface area (Å²) in [5, 5.41) is 0.216. The molecule has 4 heterocycles. The Kier molecular flexibility index (Phi) is 5.97. The molecule has 1 atom stereocenters. The Morgan fingerprint density at radius 2 is 2.09 bits per heavy atom. The van der Waals surface area contributed by atoms with Gasteiger partial charge in [0, 0.05) is 17.5 Å². The van der Waals surface area contributed by atoms with E-state index in [4.69, 9.17) is 14.2 Å². The van der Waals surface area contributed by atoms with Crippen LogP contribution in [0.25, 0.3) is 16.0 Å². The van der Waals surface area contributed by atoms with Gasteiger partial charge in [-0.1, -0.05) is 11.3 Å². The first-order chi connectivity index (χ1) is 16.0. The number of thiophene rings is 1. The van der Waals surface area contributed by atoms with Crippen LogP contribution in [-0.2, 0) is 9.47 Å². The van der Waals surface area contributed by atoms with E-state index in [2.05, 4.69) is 0 Å². The number of rotatable bonds is 6. The van der Waals surface area contributed by atoms with Crippen molar-refractivity contribution in [3.8, 4) is 15.5 Å². The lowest BCUT2D eigenvalue weighted by Gasteiger charge is -2.22. The van der Waals surface area contributed by atoms with Gasteiger partial charge in [-0.15, -0.1) is 0 Å². The maximum Gasteiger partial charge on any atom is 0.343 e. The summed E-state index contributed by atoms with van der Waals surface area (Å²) in [6.07, 6.45) is 6.00. The summed E-state index contributed by atoms with van der Waals surface area (Å²) in [6.45, 7) is 4.48. The molecule has 1 unspecified atom stereocenters. The number of pyridine rings is 2. The lowest BCUT2D eigenvalue weighted by atomic mass is 10.00. The van der Waals surface area contributed by atoms with Crippen molar-refractivity contribution in [2.75, 3.05) is 13.2 Å². The Morgan fingerprint density at radius 1 is 1.27 bits per heavy atom. The van der Waals surface area contributed by atoms with Gasteiger partial charge in [0.25, 0.3) is 5.56 Å². The SMILES string of the molecule is CCOC(=O)c1cc(C2CC2)c2c(C)c(-c3cc(F)c(OC4CCCCO4)s3)ccn2c1=O. The number of esters is 1. The highest BCUT2D eigenvalue weighted by Gasteiger charge is 2.30. The summed E-state index contributed by atoms with van der Waals surface area (Å²) >= 11 is 1.24. The second kappa shape index (κ2) is 8.91. The zero-order valence-electron chi connectivity index (χ0n) is 18.7. The van der Waals surface area contributed by atoms with E-state index in [-0.39, 0.29) is 17.2 Å². The van der Waals surface area contributed by atoms with E-state index >= 15 is 0 Å². The average Bonchev–Trinajstić information content (AvgIpc) is 3.59. The Bertz CT molecular complexity index is 1270. The fraction of sp³-hybridized carbons (Fsp3) is 0.440. The van der Waals surface area contributed by atoms with Crippen LogP contribution in [0.4, 0.5) is 4.39 Å². The molecule has 0 bridgehead atoms. The lowest BCUT2D eigenvalue weighted by Crippen LogP contribution is -2.25. The molecule has 0 aromatic carbocycles. The third-order valence-corrected chi connectivity index (χ3v) is 7.26. The van der Waals surface area contributed by atoms with Gasteiger partial charge in [0.05, 0.1) is 18.7 Å². The van der Waals surface area contributed by atoms with Crippen molar-refractivity contribution in [2.24, 2.45) is 0 Å². The van der Waals surface area contributed by atoms with Crippen LogP contribution in [0, 0.1) is 12.7 Å².